The van der Waals surface area contributed by atoms with Gasteiger partial charge < -0.3 is 28.5 Å². The number of benzene rings is 1. The van der Waals surface area contributed by atoms with Crippen molar-refractivity contribution in [3.63, 3.8) is 0 Å². The molecule has 1 N–H and O–H groups in total. The number of carbonyl (C=O) groups excluding carboxylic acids is 1. The zero-order valence-corrected chi connectivity index (χ0v) is 18.8. The van der Waals surface area contributed by atoms with E-state index in [-0.39, 0.29) is 18.8 Å². The van der Waals surface area contributed by atoms with E-state index >= 15 is 0 Å². The van der Waals surface area contributed by atoms with Crippen molar-refractivity contribution in [1.29, 1.82) is 0 Å². The Morgan fingerprint density at radius 1 is 1.03 bits per heavy atom. The summed E-state index contributed by atoms with van der Waals surface area (Å²) < 4.78 is 28.3. The second-order valence-corrected chi connectivity index (χ2v) is 7.19. The number of hydrogen-bond acceptors (Lipinski definition) is 10. The van der Waals surface area contributed by atoms with Gasteiger partial charge in [0.1, 0.15) is 6.61 Å². The van der Waals surface area contributed by atoms with E-state index in [0.717, 1.165) is 5.56 Å². The lowest BCUT2D eigenvalue weighted by molar-refractivity contribution is 0.0937. The van der Waals surface area contributed by atoms with Gasteiger partial charge in [-0.2, -0.15) is 4.52 Å². The number of carbonyl (C=O) groups is 1. The van der Waals surface area contributed by atoms with E-state index in [2.05, 4.69) is 25.8 Å². The Balaban J connectivity index is 1.22. The normalized spacial score (nSPS) is 10.9. The van der Waals surface area contributed by atoms with E-state index in [0.29, 0.717) is 40.4 Å². The van der Waals surface area contributed by atoms with Gasteiger partial charge in [0, 0.05) is 17.7 Å². The minimum atomic E-state index is -0.395. The van der Waals surface area contributed by atoms with Crippen LogP contribution in [0.4, 0.5) is 0 Å². The first-order chi connectivity index (χ1) is 17.2. The third-order valence-electron chi connectivity index (χ3n) is 5.02. The van der Waals surface area contributed by atoms with Crippen LogP contribution in [0, 0.1) is 0 Å². The summed E-state index contributed by atoms with van der Waals surface area (Å²) in [5.41, 5.74) is 1.43. The molecule has 0 saturated carbocycles. The van der Waals surface area contributed by atoms with Crippen LogP contribution >= 0.6 is 0 Å². The maximum absolute atomic E-state index is 12.3. The van der Waals surface area contributed by atoms with Crippen molar-refractivity contribution >= 4 is 11.6 Å². The van der Waals surface area contributed by atoms with Gasteiger partial charge in [-0.25, -0.2) is 0 Å². The van der Waals surface area contributed by atoms with E-state index in [1.54, 1.807) is 55.1 Å². The average molecular weight is 476 g/mol. The number of nitrogens with zero attached hydrogens (tertiary/aromatic N) is 5. The van der Waals surface area contributed by atoms with Gasteiger partial charge in [-0.3, -0.25) is 4.79 Å². The Labute approximate surface area is 198 Å². The minimum absolute atomic E-state index is 0.139. The number of ether oxygens (including phenoxy) is 3. The molecule has 0 unspecified atom stereocenters. The molecule has 178 valence electrons. The molecule has 0 aliphatic carbocycles. The third-order valence-corrected chi connectivity index (χ3v) is 5.02. The number of fused-ring (bicyclic) bond motifs is 1. The number of methoxy groups -OCH3 is 2. The van der Waals surface area contributed by atoms with Crippen LogP contribution < -0.4 is 19.5 Å². The zero-order chi connectivity index (χ0) is 24.2. The molecule has 12 nitrogen and oxygen atoms in total. The van der Waals surface area contributed by atoms with Crippen molar-refractivity contribution in [3.8, 4) is 40.3 Å². The average Bonchev–Trinajstić information content (AvgIpc) is 3.66. The fourth-order valence-electron chi connectivity index (χ4n) is 3.33. The number of nitrogens with one attached hydrogen (secondary N) is 1. The van der Waals surface area contributed by atoms with Gasteiger partial charge in [0.25, 0.3) is 5.91 Å². The number of amides is 1. The van der Waals surface area contributed by atoms with Crippen molar-refractivity contribution in [2.45, 2.75) is 0 Å². The van der Waals surface area contributed by atoms with Crippen molar-refractivity contribution in [2.24, 2.45) is 0 Å². The highest BCUT2D eigenvalue weighted by Gasteiger charge is 2.16. The van der Waals surface area contributed by atoms with E-state index in [9.17, 15) is 4.79 Å². The van der Waals surface area contributed by atoms with Gasteiger partial charge in [0.05, 0.1) is 27.0 Å². The molecule has 35 heavy (non-hydrogen) atoms. The molecule has 0 radical (unpaired) electrons. The van der Waals surface area contributed by atoms with Crippen molar-refractivity contribution in [1.82, 2.24) is 30.3 Å². The van der Waals surface area contributed by atoms with Gasteiger partial charge in [0.15, 0.2) is 34.4 Å². The van der Waals surface area contributed by atoms with Gasteiger partial charge in [-0.15, -0.1) is 15.3 Å². The predicted molar refractivity (Wildman–Crippen MR) is 121 cm³/mol. The quantitative estimate of drug-likeness (QED) is 0.316. The van der Waals surface area contributed by atoms with Crippen LogP contribution in [0.2, 0.25) is 0 Å². The van der Waals surface area contributed by atoms with Crippen LogP contribution in [0.1, 0.15) is 10.5 Å². The second-order valence-electron chi connectivity index (χ2n) is 7.19. The Morgan fingerprint density at radius 3 is 2.71 bits per heavy atom. The third kappa shape index (κ3) is 4.49. The summed E-state index contributed by atoms with van der Waals surface area (Å²) in [5, 5.41) is 19.3. The largest absolute Gasteiger partial charge is 0.493 e. The zero-order valence-electron chi connectivity index (χ0n) is 18.8. The van der Waals surface area contributed by atoms with Crippen LogP contribution in [-0.2, 0) is 0 Å². The van der Waals surface area contributed by atoms with E-state index in [1.165, 1.54) is 12.3 Å². The van der Waals surface area contributed by atoms with Crippen LogP contribution in [-0.4, -0.2) is 58.2 Å². The SMILES string of the molecule is COc1ccc(-c2nnc3ccc(OCCNC(=O)c4cc(-c5ccco5)on4)nn23)cc1OC. The smallest absolute Gasteiger partial charge is 0.273 e. The summed E-state index contributed by atoms with van der Waals surface area (Å²) in [6, 6.07) is 13.8. The van der Waals surface area contributed by atoms with Crippen molar-refractivity contribution in [2.75, 3.05) is 27.4 Å². The molecule has 0 saturated heterocycles. The van der Waals surface area contributed by atoms with Gasteiger partial charge in [0.2, 0.25) is 11.6 Å². The first kappa shape index (κ1) is 21.9. The Bertz CT molecular complexity index is 1460. The lowest BCUT2D eigenvalue weighted by atomic mass is 10.2. The van der Waals surface area contributed by atoms with Gasteiger partial charge in [-0.05, 0) is 36.4 Å². The highest BCUT2D eigenvalue weighted by Crippen LogP contribution is 2.31. The number of rotatable bonds is 9. The molecule has 0 aliphatic heterocycles. The maximum atomic E-state index is 12.3. The standard InChI is InChI=1S/C23H20N6O6/c1-31-16-6-5-14(12-18(16)32-2)22-26-25-20-7-8-21(27-29(20)22)34-11-9-24-23(30)15-13-19(35-28-15)17-4-3-10-33-17/h3-8,10,12-13H,9,11H2,1-2H3,(H,24,30). The topological polar surface area (TPSA) is 139 Å². The molecule has 4 aromatic heterocycles. The molecule has 5 aromatic rings. The van der Waals surface area contributed by atoms with E-state index in [4.69, 9.17) is 23.2 Å². The fourth-order valence-corrected chi connectivity index (χ4v) is 3.33. The summed E-state index contributed by atoms with van der Waals surface area (Å²) in [6.45, 7) is 0.410. The maximum Gasteiger partial charge on any atom is 0.273 e. The molecular formula is C23H20N6O6. The summed E-state index contributed by atoms with van der Waals surface area (Å²) in [5.74, 6) is 2.48. The summed E-state index contributed by atoms with van der Waals surface area (Å²) >= 11 is 0. The Morgan fingerprint density at radius 2 is 1.91 bits per heavy atom. The van der Waals surface area contributed by atoms with Crippen LogP contribution in [0.5, 0.6) is 17.4 Å². The van der Waals surface area contributed by atoms with Crippen molar-refractivity contribution < 1.29 is 27.9 Å². The molecule has 1 aromatic carbocycles. The molecule has 0 fully saturated rings. The Kier molecular flexibility index (Phi) is 5.99. The molecular weight excluding hydrogens is 456 g/mol. The van der Waals surface area contributed by atoms with Crippen LogP contribution in [0.25, 0.3) is 28.6 Å². The van der Waals surface area contributed by atoms with Crippen LogP contribution in [0.3, 0.4) is 0 Å². The molecule has 0 bridgehead atoms. The number of aromatic nitrogens is 5. The highest BCUT2D eigenvalue weighted by atomic mass is 16.5. The molecule has 1 amide bonds. The lowest BCUT2D eigenvalue weighted by Crippen LogP contribution is -2.28. The summed E-state index contributed by atoms with van der Waals surface area (Å²) in [6.07, 6.45) is 1.51. The second kappa shape index (κ2) is 9.55. The van der Waals surface area contributed by atoms with E-state index in [1.807, 2.05) is 6.07 Å². The summed E-state index contributed by atoms with van der Waals surface area (Å²) in [7, 11) is 3.13. The molecule has 4 heterocycles. The molecule has 5 rings (SSSR count). The highest BCUT2D eigenvalue weighted by molar-refractivity contribution is 5.92. The van der Waals surface area contributed by atoms with E-state index < -0.39 is 5.91 Å². The van der Waals surface area contributed by atoms with Crippen LogP contribution in [0.15, 0.2) is 63.7 Å². The molecule has 12 heteroatoms. The van der Waals surface area contributed by atoms with Crippen molar-refractivity contribution in [3.05, 3.63) is 60.5 Å². The molecule has 0 aliphatic rings. The molecule has 0 spiro atoms. The summed E-state index contributed by atoms with van der Waals surface area (Å²) in [4.78, 5) is 12.3. The number of hydrogen-bond donors (Lipinski definition) is 1. The number of furan rings is 1. The first-order valence-corrected chi connectivity index (χ1v) is 10.5. The molecule has 0 atom stereocenters. The monoisotopic (exact) mass is 476 g/mol. The lowest BCUT2D eigenvalue weighted by Gasteiger charge is -2.09. The van der Waals surface area contributed by atoms with Gasteiger partial charge in [-0.1, -0.05) is 5.16 Å². The first-order valence-electron chi connectivity index (χ1n) is 10.5. The Hall–Kier alpha value is -4.87. The predicted octanol–water partition coefficient (Wildman–Crippen LogP) is 2.87. The fraction of sp³-hybridized carbons (Fsp3) is 0.174. The van der Waals surface area contributed by atoms with Gasteiger partial charge >= 0.3 is 0 Å². The minimum Gasteiger partial charge on any atom is -0.493 e.